The molecule has 1 aromatic rings. The minimum absolute atomic E-state index is 0.121. The van der Waals surface area contributed by atoms with Gasteiger partial charge in [0, 0.05) is 25.9 Å². The highest BCUT2D eigenvalue weighted by Gasteiger charge is 2.26. The van der Waals surface area contributed by atoms with Gasteiger partial charge in [0.2, 0.25) is 5.91 Å². The quantitative estimate of drug-likeness (QED) is 0.753. The van der Waals surface area contributed by atoms with Crippen LogP contribution in [0.2, 0.25) is 0 Å². The summed E-state index contributed by atoms with van der Waals surface area (Å²) in [6.07, 6.45) is 1.20. The molecule has 0 aliphatic rings. The van der Waals surface area contributed by atoms with E-state index in [0.29, 0.717) is 6.54 Å². The van der Waals surface area contributed by atoms with Gasteiger partial charge in [-0.25, -0.2) is 12.8 Å². The molecule has 0 saturated carbocycles. The van der Waals surface area contributed by atoms with Gasteiger partial charge in [0.25, 0.3) is 0 Å². The molecule has 5 nitrogen and oxygen atoms in total. The monoisotopic (exact) mass is 344 g/mol. The van der Waals surface area contributed by atoms with Crippen LogP contribution in [0.4, 0.5) is 4.39 Å². The van der Waals surface area contributed by atoms with E-state index in [2.05, 4.69) is 0 Å². The van der Waals surface area contributed by atoms with Gasteiger partial charge in [-0.3, -0.25) is 9.69 Å². The van der Waals surface area contributed by atoms with Crippen molar-refractivity contribution in [1.29, 1.82) is 0 Å². The number of carbonyl (C=O) groups is 1. The lowest BCUT2D eigenvalue weighted by Gasteiger charge is -2.29. The third-order valence-corrected chi connectivity index (χ3v) is 5.94. The molecular weight excluding hydrogens is 319 g/mol. The summed E-state index contributed by atoms with van der Waals surface area (Å²) in [5.41, 5.74) is 0.836. The summed E-state index contributed by atoms with van der Waals surface area (Å²) in [7, 11) is 0.245. The van der Waals surface area contributed by atoms with Crippen molar-refractivity contribution in [2.75, 3.05) is 26.9 Å². The zero-order valence-corrected chi connectivity index (χ0v) is 15.1. The molecule has 1 rings (SSSR count). The molecule has 1 aromatic carbocycles. The second kappa shape index (κ2) is 7.88. The number of halogens is 1. The summed E-state index contributed by atoms with van der Waals surface area (Å²) in [6, 6.07) is 5.72. The Bertz CT molecular complexity index is 631. The largest absolute Gasteiger partial charge is 0.340 e. The normalized spacial score (nSPS) is 14.6. The van der Waals surface area contributed by atoms with Gasteiger partial charge in [-0.05, 0) is 38.6 Å². The first-order chi connectivity index (χ1) is 10.5. The average molecular weight is 344 g/mol. The Hall–Kier alpha value is -1.47. The summed E-state index contributed by atoms with van der Waals surface area (Å²) in [4.78, 5) is 15.5. The van der Waals surface area contributed by atoms with E-state index in [0.717, 1.165) is 5.56 Å². The average Bonchev–Trinajstić information content (AvgIpc) is 2.46. The van der Waals surface area contributed by atoms with Crippen molar-refractivity contribution in [2.24, 2.45) is 0 Å². The maximum Gasteiger partial charge on any atom is 0.236 e. The molecule has 0 heterocycles. The number of hydrogen-bond donors (Lipinski definition) is 0. The van der Waals surface area contributed by atoms with Gasteiger partial charge < -0.3 is 4.90 Å². The highest BCUT2D eigenvalue weighted by atomic mass is 32.2. The molecule has 2 atom stereocenters. The summed E-state index contributed by atoms with van der Waals surface area (Å²) >= 11 is 0. The van der Waals surface area contributed by atoms with Crippen LogP contribution in [0.3, 0.4) is 0 Å². The molecule has 23 heavy (non-hydrogen) atoms. The molecule has 7 heteroatoms. The van der Waals surface area contributed by atoms with E-state index in [1.54, 1.807) is 49.9 Å². The third kappa shape index (κ3) is 5.91. The minimum Gasteiger partial charge on any atom is -0.340 e. The van der Waals surface area contributed by atoms with Crippen molar-refractivity contribution in [1.82, 2.24) is 9.80 Å². The van der Waals surface area contributed by atoms with Crippen LogP contribution in [-0.4, -0.2) is 62.3 Å². The Labute approximate surface area is 138 Å². The van der Waals surface area contributed by atoms with Gasteiger partial charge in [0.1, 0.15) is 5.82 Å². The molecule has 0 aliphatic carbocycles. The molecule has 0 saturated heterocycles. The van der Waals surface area contributed by atoms with Gasteiger partial charge in [-0.15, -0.1) is 0 Å². The predicted octanol–water partition coefficient (Wildman–Crippen LogP) is 1.54. The Balaban J connectivity index is 2.62. The number of hydrogen-bond acceptors (Lipinski definition) is 4. The summed E-state index contributed by atoms with van der Waals surface area (Å²) in [6.45, 7) is 3.93. The molecule has 0 fully saturated rings. The fourth-order valence-corrected chi connectivity index (χ4v) is 3.07. The van der Waals surface area contributed by atoms with Crippen LogP contribution in [0, 0.1) is 5.82 Å². The van der Waals surface area contributed by atoms with Crippen LogP contribution in [0.15, 0.2) is 24.3 Å². The number of carbonyl (C=O) groups excluding carboxylic acids is 1. The van der Waals surface area contributed by atoms with Gasteiger partial charge in [-0.1, -0.05) is 12.1 Å². The molecule has 0 N–H and O–H groups in total. The second-order valence-electron chi connectivity index (χ2n) is 6.07. The van der Waals surface area contributed by atoms with Crippen LogP contribution >= 0.6 is 0 Å². The Morgan fingerprint density at radius 3 is 2.17 bits per heavy atom. The number of nitrogens with zero attached hydrogens (tertiary/aromatic N) is 2. The lowest BCUT2D eigenvalue weighted by atomic mass is 10.2. The standard InChI is InChI=1S/C16H25FN2O3S/c1-12(13(2)23(5,21)22)18(3)11-16(20)19(4)10-14-6-8-15(17)9-7-14/h6-9,12-13H,10-11H2,1-5H3/t12-,13-/m0/s1. The van der Waals surface area contributed by atoms with E-state index >= 15 is 0 Å². The first-order valence-corrected chi connectivity index (χ1v) is 9.35. The molecule has 0 aromatic heterocycles. The predicted molar refractivity (Wildman–Crippen MR) is 89.3 cm³/mol. The number of amides is 1. The molecule has 0 radical (unpaired) electrons. The van der Waals surface area contributed by atoms with Gasteiger partial charge in [-0.2, -0.15) is 0 Å². The highest BCUT2D eigenvalue weighted by Crippen LogP contribution is 2.11. The number of sulfone groups is 1. The van der Waals surface area contributed by atoms with E-state index < -0.39 is 15.1 Å². The second-order valence-corrected chi connectivity index (χ2v) is 8.47. The molecule has 1 amide bonds. The van der Waals surface area contributed by atoms with E-state index in [4.69, 9.17) is 0 Å². The van der Waals surface area contributed by atoms with Crippen molar-refractivity contribution >= 4 is 15.7 Å². The summed E-state index contributed by atoms with van der Waals surface area (Å²) in [5, 5.41) is -0.553. The first kappa shape index (κ1) is 19.6. The van der Waals surface area contributed by atoms with E-state index in [9.17, 15) is 17.6 Å². The number of benzene rings is 1. The first-order valence-electron chi connectivity index (χ1n) is 7.40. The van der Waals surface area contributed by atoms with Crippen molar-refractivity contribution in [3.8, 4) is 0 Å². The fourth-order valence-electron chi connectivity index (χ4n) is 2.15. The summed E-state index contributed by atoms with van der Waals surface area (Å²) in [5.74, 6) is -0.435. The van der Waals surface area contributed by atoms with Crippen molar-refractivity contribution in [2.45, 2.75) is 31.7 Å². The van der Waals surface area contributed by atoms with Gasteiger partial charge in [0.05, 0.1) is 11.8 Å². The molecule has 0 unspecified atom stereocenters. The van der Waals surface area contributed by atoms with Crippen LogP contribution in [0.5, 0.6) is 0 Å². The lowest BCUT2D eigenvalue weighted by molar-refractivity contribution is -0.131. The van der Waals surface area contributed by atoms with Crippen molar-refractivity contribution in [3.05, 3.63) is 35.6 Å². The van der Waals surface area contributed by atoms with Gasteiger partial charge >= 0.3 is 0 Å². The Kier molecular flexibility index (Phi) is 6.70. The van der Waals surface area contributed by atoms with Crippen molar-refractivity contribution in [3.63, 3.8) is 0 Å². The SMILES string of the molecule is C[C@@H]([C@H](C)S(C)(=O)=O)N(C)CC(=O)N(C)Cc1ccc(F)cc1. The minimum atomic E-state index is -3.16. The molecule has 0 spiro atoms. The third-order valence-electron chi connectivity index (χ3n) is 4.19. The highest BCUT2D eigenvalue weighted by molar-refractivity contribution is 7.91. The number of rotatable bonds is 7. The van der Waals surface area contributed by atoms with Crippen LogP contribution in [0.25, 0.3) is 0 Å². The zero-order chi connectivity index (χ0) is 17.8. The van der Waals surface area contributed by atoms with Crippen LogP contribution in [-0.2, 0) is 21.2 Å². The smallest absolute Gasteiger partial charge is 0.236 e. The topological polar surface area (TPSA) is 57.7 Å². The summed E-state index contributed by atoms with van der Waals surface area (Å²) < 4.78 is 36.1. The van der Waals surface area contributed by atoms with E-state index in [-0.39, 0.29) is 24.3 Å². The Morgan fingerprint density at radius 1 is 1.17 bits per heavy atom. The van der Waals surface area contributed by atoms with Gasteiger partial charge in [0.15, 0.2) is 9.84 Å². The maximum absolute atomic E-state index is 12.9. The molecular formula is C16H25FN2O3S. The lowest BCUT2D eigenvalue weighted by Crippen LogP contribution is -2.46. The zero-order valence-electron chi connectivity index (χ0n) is 14.3. The van der Waals surface area contributed by atoms with Crippen molar-refractivity contribution < 1.29 is 17.6 Å². The van der Waals surface area contributed by atoms with Crippen LogP contribution < -0.4 is 0 Å². The fraction of sp³-hybridized carbons (Fsp3) is 0.562. The van der Waals surface area contributed by atoms with E-state index in [1.807, 2.05) is 0 Å². The molecule has 130 valence electrons. The molecule has 0 aliphatic heterocycles. The maximum atomic E-state index is 12.9. The van der Waals surface area contributed by atoms with Crippen LogP contribution in [0.1, 0.15) is 19.4 Å². The number of likely N-dealkylation sites (N-methyl/N-ethyl adjacent to an activating group) is 2. The Morgan fingerprint density at radius 2 is 1.70 bits per heavy atom. The molecule has 0 bridgehead atoms. The van der Waals surface area contributed by atoms with E-state index in [1.165, 1.54) is 18.4 Å².